The van der Waals surface area contributed by atoms with E-state index in [1.165, 1.54) is 0 Å². The maximum absolute atomic E-state index is 12.4. The smallest absolute Gasteiger partial charge is 0.280 e. The van der Waals surface area contributed by atoms with Gasteiger partial charge in [-0.2, -0.15) is 4.98 Å². The summed E-state index contributed by atoms with van der Waals surface area (Å²) in [5.74, 6) is 0.0624. The van der Waals surface area contributed by atoms with Crippen molar-refractivity contribution >= 4 is 33.7 Å². The summed E-state index contributed by atoms with van der Waals surface area (Å²) < 4.78 is 23.0. The Morgan fingerprint density at radius 3 is 1.95 bits per heavy atom. The molecule has 9 nitrogen and oxygen atoms in total. The summed E-state index contributed by atoms with van der Waals surface area (Å²) in [5, 5.41) is 0. The number of aromatic nitrogens is 4. The Labute approximate surface area is 236 Å². The molecule has 1 fully saturated rings. The molecule has 0 bridgehead atoms. The second kappa shape index (κ2) is 12.1. The maximum Gasteiger partial charge on any atom is 0.280 e. The number of anilines is 1. The minimum Gasteiger partial charge on any atom is -0.413 e. The van der Waals surface area contributed by atoms with E-state index in [1.54, 1.807) is 6.33 Å². The SMILES string of the molecule is CC(C)[Si](OC[C@H]1O[C@@H](n2cnc3c(=O)[nH]c(N)nc32)C[C@@H]1O[Si](C(C)C)(C(C)C)C(C)C)(C(C)C)C(C)C. The van der Waals surface area contributed by atoms with Gasteiger partial charge in [-0.15, -0.1) is 0 Å². The first-order chi connectivity index (χ1) is 18.1. The number of nitrogens with zero attached hydrogens (tertiary/aromatic N) is 3. The Kier molecular flexibility index (Phi) is 9.96. The van der Waals surface area contributed by atoms with Crippen LogP contribution in [0.15, 0.2) is 11.1 Å². The molecule has 0 aromatic carbocycles. The fourth-order valence-corrected chi connectivity index (χ4v) is 18.7. The second-order valence-corrected chi connectivity index (χ2v) is 24.1. The molecule has 1 aliphatic heterocycles. The largest absolute Gasteiger partial charge is 0.413 e. The van der Waals surface area contributed by atoms with Crippen LogP contribution in [0.1, 0.15) is 95.7 Å². The number of hydrogen-bond acceptors (Lipinski definition) is 7. The van der Waals surface area contributed by atoms with E-state index >= 15 is 0 Å². The third-order valence-corrected chi connectivity index (χ3v) is 21.4. The highest BCUT2D eigenvalue weighted by Gasteiger charge is 2.52. The number of hydrogen-bond donors (Lipinski definition) is 2. The van der Waals surface area contributed by atoms with Crippen molar-refractivity contribution in [2.24, 2.45) is 0 Å². The molecule has 39 heavy (non-hydrogen) atoms. The average molecular weight is 580 g/mol. The fourth-order valence-electron chi connectivity index (χ4n) is 7.70. The first-order valence-corrected chi connectivity index (χ1v) is 19.1. The summed E-state index contributed by atoms with van der Waals surface area (Å²) in [4.78, 5) is 23.7. The summed E-state index contributed by atoms with van der Waals surface area (Å²) in [6, 6.07) is 0. The predicted octanol–water partition coefficient (Wildman–Crippen LogP) is 6.74. The molecular weight excluding hydrogens is 527 g/mol. The number of ether oxygens (including phenoxy) is 1. The van der Waals surface area contributed by atoms with Gasteiger partial charge in [0, 0.05) is 6.42 Å². The lowest BCUT2D eigenvalue weighted by Gasteiger charge is -2.45. The molecule has 0 radical (unpaired) electrons. The third kappa shape index (κ3) is 5.79. The number of nitrogens with one attached hydrogen (secondary N) is 1. The summed E-state index contributed by atoms with van der Waals surface area (Å²) in [6.45, 7) is 28.2. The van der Waals surface area contributed by atoms with Crippen LogP contribution in [-0.2, 0) is 13.6 Å². The molecule has 0 aliphatic carbocycles. The van der Waals surface area contributed by atoms with Gasteiger partial charge in [-0.05, 0) is 33.2 Å². The van der Waals surface area contributed by atoms with E-state index in [4.69, 9.17) is 19.3 Å². The van der Waals surface area contributed by atoms with Gasteiger partial charge in [-0.1, -0.05) is 83.1 Å². The summed E-state index contributed by atoms with van der Waals surface area (Å²) in [6.07, 6.45) is 1.51. The zero-order valence-electron chi connectivity index (χ0n) is 26.2. The molecule has 3 rings (SSSR count). The first kappa shape index (κ1) is 32.0. The van der Waals surface area contributed by atoms with E-state index in [0.717, 1.165) is 0 Å². The van der Waals surface area contributed by atoms with Crippen LogP contribution in [0.3, 0.4) is 0 Å². The minimum atomic E-state index is -2.20. The summed E-state index contributed by atoms with van der Waals surface area (Å²) in [7, 11) is -4.31. The number of nitrogens with two attached hydrogens (primary N) is 1. The van der Waals surface area contributed by atoms with Gasteiger partial charge in [-0.3, -0.25) is 14.3 Å². The molecule has 0 unspecified atom stereocenters. The second-order valence-electron chi connectivity index (χ2n) is 13.2. The van der Waals surface area contributed by atoms with Crippen molar-refractivity contribution in [3.63, 3.8) is 0 Å². The quantitative estimate of drug-likeness (QED) is 0.267. The van der Waals surface area contributed by atoms with Crippen molar-refractivity contribution < 1.29 is 13.6 Å². The maximum atomic E-state index is 12.4. The molecule has 1 aliphatic rings. The van der Waals surface area contributed by atoms with Crippen LogP contribution in [0, 0.1) is 0 Å². The zero-order valence-corrected chi connectivity index (χ0v) is 28.2. The molecule has 3 atom stereocenters. The molecule has 3 heterocycles. The lowest BCUT2D eigenvalue weighted by Crippen LogP contribution is -2.53. The average Bonchev–Trinajstić information content (AvgIpc) is 3.40. The molecule has 0 amide bonds. The molecule has 2 aromatic heterocycles. The van der Waals surface area contributed by atoms with Crippen molar-refractivity contribution in [3.05, 3.63) is 16.7 Å². The summed E-state index contributed by atoms with van der Waals surface area (Å²) >= 11 is 0. The third-order valence-electron chi connectivity index (χ3n) is 9.21. The van der Waals surface area contributed by atoms with Crippen LogP contribution in [-0.4, -0.2) is 55.0 Å². The van der Waals surface area contributed by atoms with Gasteiger partial charge in [0.05, 0.1) is 19.0 Å². The predicted molar refractivity (Wildman–Crippen MR) is 164 cm³/mol. The van der Waals surface area contributed by atoms with E-state index < -0.39 is 16.6 Å². The van der Waals surface area contributed by atoms with Gasteiger partial charge in [0.25, 0.3) is 5.56 Å². The van der Waals surface area contributed by atoms with E-state index in [-0.39, 0.29) is 35.5 Å². The Balaban J connectivity index is 2.03. The Hall–Kier alpha value is -1.54. The first-order valence-electron chi connectivity index (χ1n) is 14.8. The highest BCUT2D eigenvalue weighted by Crippen LogP contribution is 2.47. The van der Waals surface area contributed by atoms with Gasteiger partial charge in [0.15, 0.2) is 19.5 Å². The molecule has 0 saturated carbocycles. The topological polar surface area (TPSA) is 117 Å². The van der Waals surface area contributed by atoms with Crippen LogP contribution in [0.2, 0.25) is 33.2 Å². The highest BCUT2D eigenvalue weighted by molar-refractivity contribution is 6.78. The van der Waals surface area contributed by atoms with Crippen LogP contribution in [0.4, 0.5) is 5.95 Å². The summed E-state index contributed by atoms with van der Waals surface area (Å²) in [5.41, 5.74) is 8.98. The van der Waals surface area contributed by atoms with Crippen molar-refractivity contribution in [1.82, 2.24) is 19.5 Å². The number of fused-ring (bicyclic) bond motifs is 1. The molecule has 0 spiro atoms. The van der Waals surface area contributed by atoms with Crippen LogP contribution < -0.4 is 11.3 Å². The molecule has 1 saturated heterocycles. The molecule has 222 valence electrons. The van der Waals surface area contributed by atoms with E-state index in [9.17, 15) is 4.79 Å². The van der Waals surface area contributed by atoms with E-state index in [1.807, 2.05) is 4.57 Å². The van der Waals surface area contributed by atoms with Crippen molar-refractivity contribution in [2.45, 2.75) is 141 Å². The minimum absolute atomic E-state index is 0.0624. The van der Waals surface area contributed by atoms with E-state index in [0.29, 0.717) is 51.9 Å². The molecule has 11 heteroatoms. The van der Waals surface area contributed by atoms with Gasteiger partial charge >= 0.3 is 0 Å². The van der Waals surface area contributed by atoms with E-state index in [2.05, 4.69) is 98.0 Å². The zero-order chi connectivity index (χ0) is 29.4. The van der Waals surface area contributed by atoms with Crippen LogP contribution >= 0.6 is 0 Å². The molecule has 2 aromatic rings. The fraction of sp³-hybridized carbons (Fsp3) is 0.821. The number of H-pyrrole nitrogens is 1. The highest BCUT2D eigenvalue weighted by atomic mass is 28.4. The van der Waals surface area contributed by atoms with Crippen molar-refractivity contribution in [3.8, 4) is 0 Å². The number of imidazole rings is 1. The number of aromatic amines is 1. The lowest BCUT2D eigenvalue weighted by atomic mass is 10.2. The van der Waals surface area contributed by atoms with Crippen molar-refractivity contribution in [2.75, 3.05) is 12.3 Å². The van der Waals surface area contributed by atoms with Gasteiger partial charge < -0.3 is 19.3 Å². The monoisotopic (exact) mass is 579 g/mol. The Morgan fingerprint density at radius 1 is 0.949 bits per heavy atom. The van der Waals surface area contributed by atoms with Crippen LogP contribution in [0.25, 0.3) is 11.2 Å². The van der Waals surface area contributed by atoms with Gasteiger partial charge in [0.1, 0.15) is 12.3 Å². The number of nitrogen functional groups attached to an aromatic ring is 1. The normalized spacial score (nSPS) is 21.2. The van der Waals surface area contributed by atoms with Crippen molar-refractivity contribution in [1.29, 1.82) is 0 Å². The lowest BCUT2D eigenvalue weighted by molar-refractivity contribution is -0.0395. The molecule has 3 N–H and O–H groups in total. The van der Waals surface area contributed by atoms with Gasteiger partial charge in [-0.25, -0.2) is 4.98 Å². The van der Waals surface area contributed by atoms with Gasteiger partial charge in [0.2, 0.25) is 14.3 Å². The number of rotatable bonds is 12. The van der Waals surface area contributed by atoms with Crippen LogP contribution in [0.5, 0.6) is 0 Å². The Bertz CT molecular complexity index is 1120. The standard InChI is InChI=1S/C28H53N5O4Si2/c1-16(2)38(17(3)4,18(5)6)35-14-23-22(37-39(19(7)8,20(9)10)21(11)12)13-24(36-23)33-15-30-25-26(33)31-28(29)32-27(25)34/h15-24H,13-14H2,1-12H3,(H3,29,31,32,34)/t22-,23+,24+/m0/s1. The molecular formula is C28H53N5O4Si2. The Morgan fingerprint density at radius 2 is 1.46 bits per heavy atom.